The molecule has 0 radical (unpaired) electrons. The van der Waals surface area contributed by atoms with E-state index in [0.29, 0.717) is 0 Å². The van der Waals surface area contributed by atoms with Gasteiger partial charge in [-0.25, -0.2) is 4.79 Å². The molecular formula is C7H8O4. The number of ketones is 1. The van der Waals surface area contributed by atoms with Crippen molar-refractivity contribution in [1.82, 2.24) is 0 Å². The van der Waals surface area contributed by atoms with Crippen LogP contribution in [0.4, 0.5) is 0 Å². The van der Waals surface area contributed by atoms with Gasteiger partial charge in [0.25, 0.3) is 0 Å². The van der Waals surface area contributed by atoms with E-state index in [1.807, 2.05) is 0 Å². The van der Waals surface area contributed by atoms with E-state index >= 15 is 0 Å². The van der Waals surface area contributed by atoms with Gasteiger partial charge in [0, 0.05) is 0 Å². The molecule has 0 atom stereocenters. The second kappa shape index (κ2) is 4.27. The molecule has 0 unspecified atom stereocenters. The van der Waals surface area contributed by atoms with E-state index in [2.05, 4.69) is 0 Å². The van der Waals surface area contributed by atoms with Gasteiger partial charge in [0.15, 0.2) is 5.78 Å². The Morgan fingerprint density at radius 1 is 1.27 bits per heavy atom. The van der Waals surface area contributed by atoms with Crippen molar-refractivity contribution < 1.29 is 19.8 Å². The molecule has 0 bridgehead atoms. The van der Waals surface area contributed by atoms with Crippen LogP contribution in [0.2, 0.25) is 0 Å². The molecule has 0 fully saturated rings. The van der Waals surface area contributed by atoms with Crippen molar-refractivity contribution in [3.05, 3.63) is 24.0 Å². The maximum atomic E-state index is 10.2. The summed E-state index contributed by atoms with van der Waals surface area (Å²) in [7, 11) is 0. The fraction of sp³-hybridized carbons (Fsp3) is 0.143. The van der Waals surface area contributed by atoms with Crippen molar-refractivity contribution in [2.24, 2.45) is 0 Å². The third-order valence-corrected chi connectivity index (χ3v) is 0.804. The molecule has 0 amide bonds. The van der Waals surface area contributed by atoms with Crippen LogP contribution in [0.5, 0.6) is 0 Å². The summed E-state index contributed by atoms with van der Waals surface area (Å²) in [6.07, 6.45) is 3.26. The van der Waals surface area contributed by atoms with Gasteiger partial charge in [-0.05, 0) is 19.1 Å². The SMILES string of the molecule is CC(=O)/C=C/C=C(\O)C(=O)O. The van der Waals surface area contributed by atoms with E-state index in [0.717, 1.165) is 12.2 Å². The van der Waals surface area contributed by atoms with Crippen LogP contribution < -0.4 is 0 Å². The monoisotopic (exact) mass is 156 g/mol. The molecule has 0 aliphatic carbocycles. The van der Waals surface area contributed by atoms with Gasteiger partial charge in [0.05, 0.1) is 0 Å². The van der Waals surface area contributed by atoms with E-state index in [-0.39, 0.29) is 5.78 Å². The lowest BCUT2D eigenvalue weighted by Gasteiger charge is -1.85. The molecule has 2 N–H and O–H groups in total. The van der Waals surface area contributed by atoms with Crippen molar-refractivity contribution in [2.45, 2.75) is 6.92 Å². The number of hydrogen-bond donors (Lipinski definition) is 2. The van der Waals surface area contributed by atoms with E-state index < -0.39 is 11.7 Å². The first-order chi connectivity index (χ1) is 5.04. The third kappa shape index (κ3) is 4.90. The zero-order chi connectivity index (χ0) is 8.85. The first kappa shape index (κ1) is 9.42. The number of aliphatic carboxylic acids is 1. The Balaban J connectivity index is 4.13. The van der Waals surface area contributed by atoms with Crippen LogP contribution >= 0.6 is 0 Å². The fourth-order valence-electron chi connectivity index (χ4n) is 0.346. The first-order valence-corrected chi connectivity index (χ1v) is 2.85. The molecule has 0 rings (SSSR count). The van der Waals surface area contributed by atoms with Gasteiger partial charge < -0.3 is 10.2 Å². The summed E-state index contributed by atoms with van der Waals surface area (Å²) in [4.78, 5) is 20.2. The summed E-state index contributed by atoms with van der Waals surface area (Å²) in [6.45, 7) is 1.32. The summed E-state index contributed by atoms with van der Waals surface area (Å²) in [5.74, 6) is -2.42. The number of aliphatic hydroxyl groups is 1. The Morgan fingerprint density at radius 2 is 1.82 bits per heavy atom. The lowest BCUT2D eigenvalue weighted by atomic mass is 10.3. The number of rotatable bonds is 3. The van der Waals surface area contributed by atoms with E-state index in [9.17, 15) is 9.59 Å². The van der Waals surface area contributed by atoms with Crippen LogP contribution in [-0.2, 0) is 9.59 Å². The Morgan fingerprint density at radius 3 is 2.18 bits per heavy atom. The van der Waals surface area contributed by atoms with Gasteiger partial charge in [-0.1, -0.05) is 6.08 Å². The topological polar surface area (TPSA) is 74.6 Å². The molecular weight excluding hydrogens is 148 g/mol. The molecule has 0 aromatic heterocycles. The normalized spacial score (nSPS) is 11.9. The highest BCUT2D eigenvalue weighted by molar-refractivity contribution is 5.88. The molecule has 0 aliphatic heterocycles. The van der Waals surface area contributed by atoms with Crippen LogP contribution in [0.1, 0.15) is 6.92 Å². The number of allylic oxidation sites excluding steroid dienone is 3. The molecule has 0 saturated carbocycles. The fourth-order valence-corrected chi connectivity index (χ4v) is 0.346. The van der Waals surface area contributed by atoms with Gasteiger partial charge in [-0.3, -0.25) is 4.79 Å². The summed E-state index contributed by atoms with van der Waals surface area (Å²) in [6, 6.07) is 0. The van der Waals surface area contributed by atoms with Gasteiger partial charge in [0.2, 0.25) is 5.76 Å². The number of carbonyl (C=O) groups excluding carboxylic acids is 1. The van der Waals surface area contributed by atoms with E-state index in [1.165, 1.54) is 13.0 Å². The average Bonchev–Trinajstić information content (AvgIpc) is 1.86. The van der Waals surface area contributed by atoms with Gasteiger partial charge in [-0.15, -0.1) is 0 Å². The molecule has 0 heterocycles. The van der Waals surface area contributed by atoms with Crippen LogP contribution in [0, 0.1) is 0 Å². The molecule has 60 valence electrons. The second-order valence-corrected chi connectivity index (χ2v) is 1.83. The lowest BCUT2D eigenvalue weighted by Crippen LogP contribution is -1.97. The molecule has 11 heavy (non-hydrogen) atoms. The maximum Gasteiger partial charge on any atom is 0.370 e. The van der Waals surface area contributed by atoms with E-state index in [4.69, 9.17) is 10.2 Å². The zero-order valence-corrected chi connectivity index (χ0v) is 5.94. The average molecular weight is 156 g/mol. The molecule has 0 spiro atoms. The summed E-state index contributed by atoms with van der Waals surface area (Å²) < 4.78 is 0. The minimum Gasteiger partial charge on any atom is -0.502 e. The highest BCUT2D eigenvalue weighted by Gasteiger charge is 1.99. The standard InChI is InChI=1S/C7H8O4/c1-5(8)3-2-4-6(9)7(10)11/h2-4,9H,1H3,(H,10,11)/b3-2+,6-4-. The summed E-state index contributed by atoms with van der Waals surface area (Å²) >= 11 is 0. The summed E-state index contributed by atoms with van der Waals surface area (Å²) in [5.41, 5.74) is 0. The Bertz CT molecular complexity index is 225. The molecule has 0 saturated heterocycles. The van der Waals surface area contributed by atoms with Crippen molar-refractivity contribution >= 4 is 11.8 Å². The minimum absolute atomic E-state index is 0.209. The Kier molecular flexibility index (Phi) is 3.66. The molecule has 4 nitrogen and oxygen atoms in total. The van der Waals surface area contributed by atoms with Gasteiger partial charge >= 0.3 is 5.97 Å². The van der Waals surface area contributed by atoms with Gasteiger partial charge in [-0.2, -0.15) is 0 Å². The predicted octanol–water partition coefficient (Wildman–Crippen LogP) is 0.658. The lowest BCUT2D eigenvalue weighted by molar-refractivity contribution is -0.135. The Hall–Kier alpha value is -1.58. The van der Waals surface area contributed by atoms with Crippen molar-refractivity contribution in [1.29, 1.82) is 0 Å². The number of carboxylic acids is 1. The van der Waals surface area contributed by atoms with Crippen molar-refractivity contribution in [3.8, 4) is 0 Å². The van der Waals surface area contributed by atoms with Crippen LogP contribution in [0.15, 0.2) is 24.0 Å². The molecule has 0 aromatic carbocycles. The number of carbonyl (C=O) groups is 2. The van der Waals surface area contributed by atoms with Crippen LogP contribution in [0.25, 0.3) is 0 Å². The van der Waals surface area contributed by atoms with E-state index in [1.54, 1.807) is 0 Å². The second-order valence-electron chi connectivity index (χ2n) is 1.83. The highest BCUT2D eigenvalue weighted by Crippen LogP contribution is 1.88. The van der Waals surface area contributed by atoms with Crippen molar-refractivity contribution in [2.75, 3.05) is 0 Å². The smallest absolute Gasteiger partial charge is 0.370 e. The van der Waals surface area contributed by atoms with Crippen LogP contribution in [-0.4, -0.2) is 22.0 Å². The van der Waals surface area contributed by atoms with Crippen LogP contribution in [0.3, 0.4) is 0 Å². The summed E-state index contributed by atoms with van der Waals surface area (Å²) in [5, 5.41) is 16.6. The zero-order valence-electron chi connectivity index (χ0n) is 5.94. The van der Waals surface area contributed by atoms with Crippen molar-refractivity contribution in [3.63, 3.8) is 0 Å². The predicted molar refractivity (Wildman–Crippen MR) is 38.2 cm³/mol. The molecule has 4 heteroatoms. The third-order valence-electron chi connectivity index (χ3n) is 0.804. The molecule has 0 aromatic rings. The first-order valence-electron chi connectivity index (χ1n) is 2.85. The largest absolute Gasteiger partial charge is 0.502 e. The number of aliphatic hydroxyl groups excluding tert-OH is 1. The number of hydrogen-bond acceptors (Lipinski definition) is 3. The number of carboxylic acid groups (broad SMARTS) is 1. The Labute approximate surface area is 63.5 Å². The quantitative estimate of drug-likeness (QED) is 0.357. The minimum atomic E-state index is -1.42. The molecule has 0 aliphatic rings. The van der Waals surface area contributed by atoms with Gasteiger partial charge in [0.1, 0.15) is 0 Å². The highest BCUT2D eigenvalue weighted by atomic mass is 16.4. The maximum absolute atomic E-state index is 10.2.